The van der Waals surface area contributed by atoms with E-state index in [9.17, 15) is 19.7 Å². The third kappa shape index (κ3) is 5.08. The van der Waals surface area contributed by atoms with E-state index in [1.54, 1.807) is 12.1 Å². The number of hydrogen-bond donors (Lipinski definition) is 1. The molecule has 1 amide bonds. The molecular formula is C17H15ClN2O7. The molecule has 142 valence electrons. The number of esters is 1. The number of hydrogen-bond acceptors (Lipinski definition) is 7. The Morgan fingerprint density at radius 3 is 2.44 bits per heavy atom. The fourth-order valence-corrected chi connectivity index (χ4v) is 2.32. The van der Waals surface area contributed by atoms with Crippen LogP contribution in [0.1, 0.15) is 10.4 Å². The maximum absolute atomic E-state index is 12.1. The molecule has 0 saturated heterocycles. The molecule has 1 N–H and O–H groups in total. The van der Waals surface area contributed by atoms with Gasteiger partial charge in [0.05, 0.1) is 19.1 Å². The van der Waals surface area contributed by atoms with Gasteiger partial charge in [-0.1, -0.05) is 11.6 Å². The summed E-state index contributed by atoms with van der Waals surface area (Å²) in [6, 6.07) is 8.16. The van der Waals surface area contributed by atoms with Crippen molar-refractivity contribution in [1.29, 1.82) is 0 Å². The lowest BCUT2D eigenvalue weighted by Crippen LogP contribution is -2.21. The standard InChI is InChI=1S/C17H15ClN2O7/c1-25-14-6-4-11(8-15(14)26-2)19-16(21)9-27-17(22)12-7-10(18)3-5-13(12)20(23)24/h3-8H,9H2,1-2H3,(H,19,21). The van der Waals surface area contributed by atoms with Crippen LogP contribution in [0, 0.1) is 10.1 Å². The van der Waals surface area contributed by atoms with Crippen LogP contribution < -0.4 is 14.8 Å². The smallest absolute Gasteiger partial charge is 0.345 e. The highest BCUT2D eigenvalue weighted by Gasteiger charge is 2.22. The zero-order chi connectivity index (χ0) is 20.0. The highest BCUT2D eigenvalue weighted by molar-refractivity contribution is 6.31. The van der Waals surface area contributed by atoms with Crippen molar-refractivity contribution in [3.63, 3.8) is 0 Å². The van der Waals surface area contributed by atoms with Crippen LogP contribution in [0.2, 0.25) is 5.02 Å². The van der Waals surface area contributed by atoms with Crippen molar-refractivity contribution in [3.8, 4) is 11.5 Å². The lowest BCUT2D eigenvalue weighted by molar-refractivity contribution is -0.385. The van der Waals surface area contributed by atoms with E-state index in [4.69, 9.17) is 25.8 Å². The second-order valence-electron chi connectivity index (χ2n) is 5.11. The summed E-state index contributed by atoms with van der Waals surface area (Å²) in [7, 11) is 2.92. The summed E-state index contributed by atoms with van der Waals surface area (Å²) in [6.07, 6.45) is 0. The van der Waals surface area contributed by atoms with Crippen LogP contribution in [-0.4, -0.2) is 37.6 Å². The van der Waals surface area contributed by atoms with Crippen molar-refractivity contribution >= 4 is 34.9 Å². The predicted octanol–water partition coefficient (Wildman–Crippen LogP) is 3.06. The highest BCUT2D eigenvalue weighted by Crippen LogP contribution is 2.29. The molecule has 0 heterocycles. The molecule has 0 aliphatic heterocycles. The van der Waals surface area contributed by atoms with Gasteiger partial charge in [-0.3, -0.25) is 14.9 Å². The van der Waals surface area contributed by atoms with Gasteiger partial charge in [-0.2, -0.15) is 0 Å². The fraction of sp³-hybridized carbons (Fsp3) is 0.176. The number of amides is 1. The molecule has 10 heteroatoms. The SMILES string of the molecule is COc1ccc(NC(=O)COC(=O)c2cc(Cl)ccc2[N+](=O)[O-])cc1OC. The number of rotatable bonds is 7. The number of nitrogens with one attached hydrogen (secondary N) is 1. The zero-order valence-electron chi connectivity index (χ0n) is 14.4. The molecule has 0 aliphatic rings. The summed E-state index contributed by atoms with van der Waals surface area (Å²) in [4.78, 5) is 34.3. The number of nitrogens with zero attached hydrogens (tertiary/aromatic N) is 1. The third-order valence-corrected chi connectivity index (χ3v) is 3.61. The summed E-state index contributed by atoms with van der Waals surface area (Å²) >= 11 is 5.76. The van der Waals surface area contributed by atoms with Gasteiger partial charge in [0, 0.05) is 22.8 Å². The maximum atomic E-state index is 12.1. The quantitative estimate of drug-likeness (QED) is 0.435. The minimum absolute atomic E-state index is 0.127. The Morgan fingerprint density at radius 2 is 1.81 bits per heavy atom. The van der Waals surface area contributed by atoms with Crippen LogP contribution in [-0.2, 0) is 9.53 Å². The van der Waals surface area contributed by atoms with Crippen molar-refractivity contribution in [1.82, 2.24) is 0 Å². The molecule has 0 fully saturated rings. The molecule has 0 unspecified atom stereocenters. The van der Waals surface area contributed by atoms with Crippen LogP contribution in [0.5, 0.6) is 11.5 Å². The van der Waals surface area contributed by atoms with Gasteiger partial charge >= 0.3 is 5.97 Å². The fourth-order valence-electron chi connectivity index (χ4n) is 2.15. The minimum atomic E-state index is -1.04. The zero-order valence-corrected chi connectivity index (χ0v) is 15.1. The van der Waals surface area contributed by atoms with Crippen LogP contribution in [0.3, 0.4) is 0 Å². The monoisotopic (exact) mass is 394 g/mol. The lowest BCUT2D eigenvalue weighted by atomic mass is 10.2. The normalized spacial score (nSPS) is 10.0. The molecule has 2 rings (SSSR count). The molecule has 0 spiro atoms. The number of nitro benzene ring substituents is 1. The van der Waals surface area contributed by atoms with Crippen LogP contribution >= 0.6 is 11.6 Å². The molecule has 0 saturated carbocycles. The topological polar surface area (TPSA) is 117 Å². The van der Waals surface area contributed by atoms with Gasteiger partial charge in [-0.25, -0.2) is 4.79 Å². The van der Waals surface area contributed by atoms with Crippen molar-refractivity contribution in [2.24, 2.45) is 0 Å². The highest BCUT2D eigenvalue weighted by atomic mass is 35.5. The largest absolute Gasteiger partial charge is 0.493 e. The number of carbonyl (C=O) groups excluding carboxylic acids is 2. The second-order valence-corrected chi connectivity index (χ2v) is 5.55. The maximum Gasteiger partial charge on any atom is 0.345 e. The summed E-state index contributed by atoms with van der Waals surface area (Å²) in [5, 5.41) is 13.6. The molecule has 0 radical (unpaired) electrons. The van der Waals surface area contributed by atoms with E-state index in [1.807, 2.05) is 0 Å². The number of methoxy groups -OCH3 is 2. The average Bonchev–Trinajstić information content (AvgIpc) is 2.65. The van der Waals surface area contributed by atoms with Crippen molar-refractivity contribution in [2.75, 3.05) is 26.1 Å². The Bertz CT molecular complexity index is 886. The Hall–Kier alpha value is -3.33. The molecule has 0 bridgehead atoms. The summed E-state index contributed by atoms with van der Waals surface area (Å²) in [6.45, 7) is -0.642. The molecule has 0 aromatic heterocycles. The Kier molecular flexibility index (Phi) is 6.56. The first kappa shape index (κ1) is 20.0. The van der Waals surface area contributed by atoms with Gasteiger partial charge in [0.25, 0.3) is 11.6 Å². The molecule has 2 aromatic rings. The van der Waals surface area contributed by atoms with Gasteiger partial charge in [0.15, 0.2) is 18.1 Å². The molecule has 9 nitrogen and oxygen atoms in total. The second kappa shape index (κ2) is 8.86. The van der Waals surface area contributed by atoms with Crippen LogP contribution in [0.25, 0.3) is 0 Å². The molecule has 2 aromatic carbocycles. The third-order valence-electron chi connectivity index (χ3n) is 3.38. The molecular weight excluding hydrogens is 380 g/mol. The van der Waals surface area contributed by atoms with Crippen LogP contribution in [0.4, 0.5) is 11.4 Å². The van der Waals surface area contributed by atoms with Crippen molar-refractivity contribution in [2.45, 2.75) is 0 Å². The van der Waals surface area contributed by atoms with Gasteiger partial charge < -0.3 is 19.5 Å². The van der Waals surface area contributed by atoms with Crippen molar-refractivity contribution in [3.05, 3.63) is 57.1 Å². The van der Waals surface area contributed by atoms with E-state index < -0.39 is 29.1 Å². The van der Waals surface area contributed by atoms with E-state index in [1.165, 1.54) is 26.4 Å². The van der Waals surface area contributed by atoms with Gasteiger partial charge in [-0.15, -0.1) is 0 Å². The average molecular weight is 395 g/mol. The van der Waals surface area contributed by atoms with Crippen LogP contribution in [0.15, 0.2) is 36.4 Å². The van der Waals surface area contributed by atoms with E-state index in [0.29, 0.717) is 17.2 Å². The number of halogens is 1. The van der Waals surface area contributed by atoms with Gasteiger partial charge in [0.1, 0.15) is 5.56 Å². The lowest BCUT2D eigenvalue weighted by Gasteiger charge is -2.11. The van der Waals surface area contributed by atoms with Gasteiger partial charge in [0.2, 0.25) is 0 Å². The number of benzene rings is 2. The van der Waals surface area contributed by atoms with E-state index in [-0.39, 0.29) is 10.6 Å². The summed E-state index contributed by atoms with van der Waals surface area (Å²) in [5.74, 6) is -0.788. The molecule has 27 heavy (non-hydrogen) atoms. The molecule has 0 aliphatic carbocycles. The number of nitro groups is 1. The van der Waals surface area contributed by atoms with E-state index in [2.05, 4.69) is 5.32 Å². The Labute approximate surface area is 158 Å². The first-order chi connectivity index (χ1) is 12.8. The van der Waals surface area contributed by atoms with E-state index >= 15 is 0 Å². The van der Waals surface area contributed by atoms with E-state index in [0.717, 1.165) is 12.1 Å². The number of ether oxygens (including phenoxy) is 3. The number of carbonyl (C=O) groups is 2. The molecule has 0 atom stereocenters. The van der Waals surface area contributed by atoms with Gasteiger partial charge in [-0.05, 0) is 24.3 Å². The summed E-state index contributed by atoms with van der Waals surface area (Å²) < 4.78 is 15.1. The predicted molar refractivity (Wildman–Crippen MR) is 96.6 cm³/mol. The summed E-state index contributed by atoms with van der Waals surface area (Å²) in [5.41, 5.74) is -0.418. The number of anilines is 1. The first-order valence-electron chi connectivity index (χ1n) is 7.48. The minimum Gasteiger partial charge on any atom is -0.493 e. The first-order valence-corrected chi connectivity index (χ1v) is 7.86. The van der Waals surface area contributed by atoms with Crippen molar-refractivity contribution < 1.29 is 28.7 Å². The Morgan fingerprint density at radius 1 is 1.11 bits per heavy atom. The Balaban J connectivity index is 2.03.